The monoisotopic (exact) mass is 175 g/mol. The van der Waals surface area contributed by atoms with Crippen LogP contribution in [0, 0.1) is 0 Å². The van der Waals surface area contributed by atoms with E-state index < -0.39 is 0 Å². The molecule has 0 bridgehead atoms. The predicted molar refractivity (Wildman–Crippen MR) is 49.9 cm³/mol. The van der Waals surface area contributed by atoms with Crippen molar-refractivity contribution in [2.45, 2.75) is 32.0 Å². The predicted octanol–water partition coefficient (Wildman–Crippen LogP) is 1.25. The Kier molecular flexibility index (Phi) is 4.26. The van der Waals surface area contributed by atoms with Crippen molar-refractivity contribution in [3.63, 3.8) is 0 Å². The fourth-order valence-electron chi connectivity index (χ4n) is 1.20. The molecule has 2 nitrogen and oxygen atoms in total. The molecule has 0 spiro atoms. The van der Waals surface area contributed by atoms with Crippen LogP contribution in [-0.4, -0.2) is 30.3 Å². The highest BCUT2D eigenvalue weighted by molar-refractivity contribution is 7.99. The van der Waals surface area contributed by atoms with Gasteiger partial charge in [-0.1, -0.05) is 0 Å². The molecule has 0 saturated carbocycles. The molecule has 0 aromatic rings. The van der Waals surface area contributed by atoms with Crippen LogP contribution in [0.15, 0.2) is 0 Å². The van der Waals surface area contributed by atoms with Crippen LogP contribution in [0.25, 0.3) is 0 Å². The Morgan fingerprint density at radius 2 is 2.55 bits per heavy atom. The molecule has 2 atom stereocenters. The van der Waals surface area contributed by atoms with Gasteiger partial charge in [-0.25, -0.2) is 0 Å². The highest BCUT2D eigenvalue weighted by atomic mass is 32.2. The van der Waals surface area contributed by atoms with Gasteiger partial charge in [0.1, 0.15) is 0 Å². The van der Waals surface area contributed by atoms with Crippen LogP contribution < -0.4 is 5.73 Å². The maximum Gasteiger partial charge on any atom is 0.0673 e. The quantitative estimate of drug-likeness (QED) is 0.701. The standard InChI is InChI=1S/C8H17NOS/c1-7(5-9)10-8-3-2-4-11-6-8/h7-8H,2-6,9H2,1H3. The summed E-state index contributed by atoms with van der Waals surface area (Å²) in [5.74, 6) is 2.46. The molecule has 3 heteroatoms. The molecule has 1 aliphatic heterocycles. The van der Waals surface area contributed by atoms with Crippen LogP contribution in [-0.2, 0) is 4.74 Å². The lowest BCUT2D eigenvalue weighted by Gasteiger charge is -2.24. The molecule has 2 N–H and O–H groups in total. The van der Waals surface area contributed by atoms with Crippen molar-refractivity contribution in [3.8, 4) is 0 Å². The Labute approximate surface area is 72.9 Å². The van der Waals surface area contributed by atoms with Crippen LogP contribution in [0.1, 0.15) is 19.8 Å². The molecule has 11 heavy (non-hydrogen) atoms. The van der Waals surface area contributed by atoms with Gasteiger partial charge in [-0.3, -0.25) is 0 Å². The third kappa shape index (κ3) is 3.45. The number of nitrogens with two attached hydrogens (primary N) is 1. The number of rotatable bonds is 3. The van der Waals surface area contributed by atoms with Crippen LogP contribution in [0.5, 0.6) is 0 Å². The molecule has 0 aromatic heterocycles. The Bertz CT molecular complexity index is 104. The fraction of sp³-hybridized carbons (Fsp3) is 1.00. The lowest BCUT2D eigenvalue weighted by Crippen LogP contribution is -2.29. The van der Waals surface area contributed by atoms with E-state index in [0.29, 0.717) is 12.6 Å². The Morgan fingerprint density at radius 1 is 1.73 bits per heavy atom. The van der Waals surface area contributed by atoms with E-state index in [1.165, 1.54) is 18.6 Å². The van der Waals surface area contributed by atoms with Gasteiger partial charge in [0.2, 0.25) is 0 Å². The zero-order valence-corrected chi connectivity index (χ0v) is 7.90. The van der Waals surface area contributed by atoms with Crippen molar-refractivity contribution in [1.29, 1.82) is 0 Å². The number of hydrogen-bond acceptors (Lipinski definition) is 3. The third-order valence-electron chi connectivity index (χ3n) is 1.88. The lowest BCUT2D eigenvalue weighted by atomic mass is 10.2. The molecular formula is C8H17NOS. The smallest absolute Gasteiger partial charge is 0.0673 e. The van der Waals surface area contributed by atoms with Crippen LogP contribution >= 0.6 is 11.8 Å². The average Bonchev–Trinajstić information content (AvgIpc) is 2.06. The van der Waals surface area contributed by atoms with Crippen molar-refractivity contribution in [2.24, 2.45) is 5.73 Å². The zero-order chi connectivity index (χ0) is 8.10. The maximum absolute atomic E-state index is 5.69. The molecular weight excluding hydrogens is 158 g/mol. The van der Waals surface area contributed by atoms with Gasteiger partial charge < -0.3 is 10.5 Å². The molecule has 1 saturated heterocycles. The molecule has 1 aliphatic rings. The minimum atomic E-state index is 0.235. The van der Waals surface area contributed by atoms with Crippen molar-refractivity contribution < 1.29 is 4.74 Å². The summed E-state index contributed by atoms with van der Waals surface area (Å²) < 4.78 is 5.69. The first-order chi connectivity index (χ1) is 5.33. The molecule has 66 valence electrons. The van der Waals surface area contributed by atoms with E-state index in [-0.39, 0.29) is 6.10 Å². The van der Waals surface area contributed by atoms with Gasteiger partial charge in [0.15, 0.2) is 0 Å². The minimum Gasteiger partial charge on any atom is -0.373 e. The summed E-state index contributed by atoms with van der Waals surface area (Å²) >= 11 is 1.99. The summed E-state index contributed by atoms with van der Waals surface area (Å²) in [5.41, 5.74) is 5.46. The van der Waals surface area contributed by atoms with E-state index in [0.717, 1.165) is 5.75 Å². The van der Waals surface area contributed by atoms with Gasteiger partial charge in [-0.15, -0.1) is 0 Å². The van der Waals surface area contributed by atoms with E-state index in [1.54, 1.807) is 0 Å². The zero-order valence-electron chi connectivity index (χ0n) is 7.08. The highest BCUT2D eigenvalue weighted by Gasteiger charge is 2.15. The fourth-order valence-corrected chi connectivity index (χ4v) is 2.25. The molecule has 0 amide bonds. The first-order valence-corrected chi connectivity index (χ1v) is 5.41. The van der Waals surface area contributed by atoms with E-state index in [2.05, 4.69) is 0 Å². The van der Waals surface area contributed by atoms with Crippen molar-refractivity contribution in [1.82, 2.24) is 0 Å². The van der Waals surface area contributed by atoms with Gasteiger partial charge >= 0.3 is 0 Å². The van der Waals surface area contributed by atoms with Crippen molar-refractivity contribution >= 4 is 11.8 Å². The second-order valence-electron chi connectivity index (χ2n) is 3.02. The number of ether oxygens (including phenoxy) is 1. The second-order valence-corrected chi connectivity index (χ2v) is 4.17. The molecule has 1 fully saturated rings. The number of thioether (sulfide) groups is 1. The minimum absolute atomic E-state index is 0.235. The van der Waals surface area contributed by atoms with Crippen molar-refractivity contribution in [3.05, 3.63) is 0 Å². The molecule has 0 aromatic carbocycles. The van der Waals surface area contributed by atoms with E-state index in [1.807, 2.05) is 18.7 Å². The van der Waals surface area contributed by atoms with Gasteiger partial charge in [0.25, 0.3) is 0 Å². The number of hydrogen-bond donors (Lipinski definition) is 1. The molecule has 2 unspecified atom stereocenters. The Hall–Kier alpha value is 0.270. The summed E-state index contributed by atoms with van der Waals surface area (Å²) in [4.78, 5) is 0. The topological polar surface area (TPSA) is 35.2 Å². The average molecular weight is 175 g/mol. The third-order valence-corrected chi connectivity index (χ3v) is 3.06. The first-order valence-electron chi connectivity index (χ1n) is 4.26. The Balaban J connectivity index is 2.13. The van der Waals surface area contributed by atoms with Gasteiger partial charge in [0, 0.05) is 12.3 Å². The van der Waals surface area contributed by atoms with Gasteiger partial charge in [-0.2, -0.15) is 11.8 Å². The maximum atomic E-state index is 5.69. The van der Waals surface area contributed by atoms with E-state index >= 15 is 0 Å². The molecule has 0 aliphatic carbocycles. The molecule has 1 rings (SSSR count). The molecule has 0 radical (unpaired) electrons. The van der Waals surface area contributed by atoms with Gasteiger partial charge in [-0.05, 0) is 25.5 Å². The lowest BCUT2D eigenvalue weighted by molar-refractivity contribution is 0.0103. The van der Waals surface area contributed by atoms with Gasteiger partial charge in [0.05, 0.1) is 12.2 Å². The van der Waals surface area contributed by atoms with Crippen LogP contribution in [0.2, 0.25) is 0 Å². The highest BCUT2D eigenvalue weighted by Crippen LogP contribution is 2.20. The first kappa shape index (κ1) is 9.36. The van der Waals surface area contributed by atoms with E-state index in [9.17, 15) is 0 Å². The summed E-state index contributed by atoms with van der Waals surface area (Å²) in [7, 11) is 0. The Morgan fingerprint density at radius 3 is 3.09 bits per heavy atom. The van der Waals surface area contributed by atoms with Crippen molar-refractivity contribution in [2.75, 3.05) is 18.1 Å². The largest absolute Gasteiger partial charge is 0.373 e. The van der Waals surface area contributed by atoms with Crippen LogP contribution in [0.4, 0.5) is 0 Å². The van der Waals surface area contributed by atoms with E-state index in [4.69, 9.17) is 10.5 Å². The van der Waals surface area contributed by atoms with Crippen LogP contribution in [0.3, 0.4) is 0 Å². The SMILES string of the molecule is CC(CN)OC1CCCSC1. The summed E-state index contributed by atoms with van der Waals surface area (Å²) in [6, 6.07) is 0. The summed E-state index contributed by atoms with van der Waals surface area (Å²) in [6.07, 6.45) is 3.22. The summed E-state index contributed by atoms with van der Waals surface area (Å²) in [5, 5.41) is 0. The molecule has 1 heterocycles. The second kappa shape index (κ2) is 5.01. The normalized spacial score (nSPS) is 28.4. The summed E-state index contributed by atoms with van der Waals surface area (Å²) in [6.45, 7) is 2.68.